The highest BCUT2D eigenvalue weighted by Crippen LogP contribution is 2.46. The van der Waals surface area contributed by atoms with Gasteiger partial charge < -0.3 is 9.84 Å². The van der Waals surface area contributed by atoms with Crippen LogP contribution in [-0.4, -0.2) is 40.5 Å². The number of benzene rings is 4. The van der Waals surface area contributed by atoms with Gasteiger partial charge >= 0.3 is 12.1 Å². The van der Waals surface area contributed by atoms with Crippen LogP contribution in [-0.2, 0) is 9.53 Å². The van der Waals surface area contributed by atoms with Gasteiger partial charge in [-0.15, -0.1) is 11.8 Å². The van der Waals surface area contributed by atoms with E-state index in [1.807, 2.05) is 66.7 Å². The fourth-order valence-corrected chi connectivity index (χ4v) is 6.74. The summed E-state index contributed by atoms with van der Waals surface area (Å²) in [5.41, 5.74) is 5.47. The molecule has 1 aliphatic heterocycles. The molecule has 6 heteroatoms. The summed E-state index contributed by atoms with van der Waals surface area (Å²) in [6.07, 6.45) is -0.595. The van der Waals surface area contributed by atoms with Crippen molar-refractivity contribution in [3.05, 3.63) is 108 Å². The Kier molecular flexibility index (Phi) is 5.46. The lowest BCUT2D eigenvalue weighted by molar-refractivity contribution is -0.141. The third kappa shape index (κ3) is 3.65. The Balaban J connectivity index is 1.31. The molecular formula is C29H23NO4S. The van der Waals surface area contributed by atoms with Crippen LogP contribution in [0, 0.1) is 0 Å². The Morgan fingerprint density at radius 3 is 2.14 bits per heavy atom. The van der Waals surface area contributed by atoms with Crippen LogP contribution in [0.15, 0.2) is 91.0 Å². The van der Waals surface area contributed by atoms with E-state index in [9.17, 15) is 14.7 Å². The second-order valence-electron chi connectivity index (χ2n) is 8.82. The molecule has 0 spiro atoms. The summed E-state index contributed by atoms with van der Waals surface area (Å²) in [6, 6.07) is 29.3. The number of amides is 1. The van der Waals surface area contributed by atoms with Crippen molar-refractivity contribution in [3.8, 4) is 11.1 Å². The molecule has 0 saturated carbocycles. The van der Waals surface area contributed by atoms with E-state index in [4.69, 9.17) is 4.74 Å². The lowest BCUT2D eigenvalue weighted by Gasteiger charge is -2.28. The van der Waals surface area contributed by atoms with Gasteiger partial charge in [0.05, 0.1) is 0 Å². The first-order valence-corrected chi connectivity index (χ1v) is 12.6. The van der Waals surface area contributed by atoms with Crippen molar-refractivity contribution in [2.24, 2.45) is 0 Å². The normalized spacial score (nSPS) is 18.9. The van der Waals surface area contributed by atoms with Crippen LogP contribution in [0.25, 0.3) is 21.9 Å². The van der Waals surface area contributed by atoms with Crippen molar-refractivity contribution in [2.75, 3.05) is 12.4 Å². The van der Waals surface area contributed by atoms with E-state index >= 15 is 0 Å². The molecule has 1 N–H and O–H groups in total. The number of carbonyl (C=O) groups is 2. The first kappa shape index (κ1) is 21.7. The summed E-state index contributed by atoms with van der Waals surface area (Å²) >= 11 is 1.46. The minimum Gasteiger partial charge on any atom is -0.480 e. The van der Waals surface area contributed by atoms with Crippen molar-refractivity contribution in [1.29, 1.82) is 0 Å². The van der Waals surface area contributed by atoms with Gasteiger partial charge in [0.1, 0.15) is 18.0 Å². The molecule has 4 aromatic rings. The SMILES string of the molecule is O=C(O)[C@@H]1CSC(c2cccc3ccccc23)N1C(=O)OCC1c2ccccc2-c2ccccc21. The van der Waals surface area contributed by atoms with Crippen LogP contribution in [0.1, 0.15) is 28.0 Å². The second-order valence-corrected chi connectivity index (χ2v) is 9.93. The van der Waals surface area contributed by atoms with E-state index < -0.39 is 23.5 Å². The highest BCUT2D eigenvalue weighted by molar-refractivity contribution is 7.99. The van der Waals surface area contributed by atoms with Gasteiger partial charge in [0, 0.05) is 11.7 Å². The van der Waals surface area contributed by atoms with Crippen LogP contribution in [0.2, 0.25) is 0 Å². The Labute approximate surface area is 207 Å². The van der Waals surface area contributed by atoms with E-state index in [1.54, 1.807) is 0 Å². The van der Waals surface area contributed by atoms with E-state index in [0.717, 1.165) is 38.6 Å². The summed E-state index contributed by atoms with van der Waals surface area (Å²) in [6.45, 7) is 0.155. The van der Waals surface area contributed by atoms with E-state index in [0.29, 0.717) is 5.75 Å². The van der Waals surface area contributed by atoms with Gasteiger partial charge in [-0.1, -0.05) is 91.0 Å². The van der Waals surface area contributed by atoms with E-state index in [2.05, 4.69) is 24.3 Å². The van der Waals surface area contributed by atoms with Crippen LogP contribution in [0.5, 0.6) is 0 Å². The number of hydrogen-bond donors (Lipinski definition) is 1. The zero-order valence-corrected chi connectivity index (χ0v) is 19.7. The number of nitrogens with zero attached hydrogens (tertiary/aromatic N) is 1. The smallest absolute Gasteiger partial charge is 0.411 e. The molecule has 0 radical (unpaired) electrons. The molecule has 5 nitrogen and oxygen atoms in total. The van der Waals surface area contributed by atoms with Gasteiger partial charge in [-0.2, -0.15) is 0 Å². The summed E-state index contributed by atoms with van der Waals surface area (Å²) in [5.74, 6) is -0.789. The molecule has 1 fully saturated rings. The van der Waals surface area contributed by atoms with E-state index in [-0.39, 0.29) is 12.5 Å². The quantitative estimate of drug-likeness (QED) is 0.371. The first-order valence-electron chi connectivity index (χ1n) is 11.6. The molecule has 1 unspecified atom stereocenters. The van der Waals surface area contributed by atoms with Gasteiger partial charge in [0.25, 0.3) is 0 Å². The Hall–Kier alpha value is -3.77. The number of aliphatic carboxylic acids is 1. The van der Waals surface area contributed by atoms with Gasteiger partial charge in [0.2, 0.25) is 0 Å². The Morgan fingerprint density at radius 1 is 0.829 bits per heavy atom. The number of rotatable bonds is 4. The molecular weight excluding hydrogens is 458 g/mol. The maximum absolute atomic E-state index is 13.5. The second kappa shape index (κ2) is 8.78. The number of fused-ring (bicyclic) bond motifs is 4. The van der Waals surface area contributed by atoms with Crippen LogP contribution >= 0.6 is 11.8 Å². The molecule has 35 heavy (non-hydrogen) atoms. The molecule has 174 valence electrons. The number of carbonyl (C=O) groups excluding carboxylic acids is 1. The minimum absolute atomic E-state index is 0.0825. The van der Waals surface area contributed by atoms with Crippen molar-refractivity contribution < 1.29 is 19.4 Å². The van der Waals surface area contributed by atoms with Gasteiger partial charge in [0.15, 0.2) is 0 Å². The molecule has 0 bridgehead atoms. The average Bonchev–Trinajstić information content (AvgIpc) is 3.47. The molecule has 2 aliphatic rings. The fraction of sp³-hybridized carbons (Fsp3) is 0.172. The van der Waals surface area contributed by atoms with Crippen LogP contribution in [0.4, 0.5) is 4.79 Å². The zero-order chi connectivity index (χ0) is 23.9. The number of hydrogen-bond acceptors (Lipinski definition) is 4. The maximum Gasteiger partial charge on any atom is 0.411 e. The Bertz CT molecular complexity index is 1400. The lowest BCUT2D eigenvalue weighted by atomic mass is 9.98. The maximum atomic E-state index is 13.5. The van der Waals surface area contributed by atoms with Crippen molar-refractivity contribution >= 4 is 34.6 Å². The molecule has 1 aliphatic carbocycles. The highest BCUT2D eigenvalue weighted by atomic mass is 32.2. The summed E-state index contributed by atoms with van der Waals surface area (Å²) < 4.78 is 5.88. The number of thioether (sulfide) groups is 1. The standard InChI is InChI=1S/C29H23NO4S/c31-28(32)26-17-35-27(24-15-7-9-18-8-1-2-10-19(18)24)30(26)29(33)34-16-25-22-13-5-3-11-20(22)21-12-4-6-14-23(21)25/h1-15,25-27H,16-17H2,(H,31,32)/t26-,27?/m0/s1. The molecule has 0 aromatic heterocycles. The van der Waals surface area contributed by atoms with Crippen molar-refractivity contribution in [1.82, 2.24) is 4.90 Å². The minimum atomic E-state index is -1.02. The van der Waals surface area contributed by atoms with Crippen molar-refractivity contribution in [2.45, 2.75) is 17.3 Å². The summed E-state index contributed by atoms with van der Waals surface area (Å²) in [4.78, 5) is 27.0. The topological polar surface area (TPSA) is 66.8 Å². The summed E-state index contributed by atoms with van der Waals surface area (Å²) in [5, 5.41) is 11.5. The Morgan fingerprint density at radius 2 is 1.43 bits per heavy atom. The van der Waals surface area contributed by atoms with Crippen LogP contribution < -0.4 is 0 Å². The average molecular weight is 482 g/mol. The predicted molar refractivity (Wildman–Crippen MR) is 137 cm³/mol. The third-order valence-electron chi connectivity index (χ3n) is 6.92. The van der Waals surface area contributed by atoms with Crippen LogP contribution in [0.3, 0.4) is 0 Å². The van der Waals surface area contributed by atoms with E-state index in [1.165, 1.54) is 16.7 Å². The monoisotopic (exact) mass is 481 g/mol. The third-order valence-corrected chi connectivity index (χ3v) is 8.23. The fourth-order valence-electron chi connectivity index (χ4n) is 5.29. The highest BCUT2D eigenvalue weighted by Gasteiger charge is 2.44. The molecule has 1 saturated heterocycles. The zero-order valence-electron chi connectivity index (χ0n) is 18.8. The molecule has 1 heterocycles. The van der Waals surface area contributed by atoms with Gasteiger partial charge in [-0.05, 0) is 38.6 Å². The summed E-state index contributed by atoms with van der Waals surface area (Å²) in [7, 11) is 0. The number of carboxylic acid groups (broad SMARTS) is 1. The number of carboxylic acids is 1. The molecule has 1 amide bonds. The van der Waals surface area contributed by atoms with Gasteiger partial charge in [-0.25, -0.2) is 9.59 Å². The molecule has 4 aromatic carbocycles. The van der Waals surface area contributed by atoms with Crippen molar-refractivity contribution in [3.63, 3.8) is 0 Å². The molecule has 2 atom stereocenters. The van der Waals surface area contributed by atoms with Gasteiger partial charge in [-0.3, -0.25) is 4.90 Å². The lowest BCUT2D eigenvalue weighted by Crippen LogP contribution is -2.43. The number of ether oxygens (including phenoxy) is 1. The molecule has 6 rings (SSSR count). The predicted octanol–water partition coefficient (Wildman–Crippen LogP) is 6.29. The largest absolute Gasteiger partial charge is 0.480 e. The first-order chi connectivity index (χ1) is 17.1.